The smallest absolute Gasteiger partial charge is 0.312 e. The lowest BCUT2D eigenvalue weighted by molar-refractivity contribution is -0.152. The molecule has 162 valence electrons. The highest BCUT2D eigenvalue weighted by atomic mass is 32.2. The first-order valence-electron chi connectivity index (χ1n) is 10.3. The fourth-order valence-electron chi connectivity index (χ4n) is 4.19. The van der Waals surface area contributed by atoms with Gasteiger partial charge in [-0.1, -0.05) is 0 Å². The molecule has 10 heteroatoms. The highest BCUT2D eigenvalue weighted by Gasteiger charge is 2.32. The third-order valence-electron chi connectivity index (χ3n) is 5.93. The summed E-state index contributed by atoms with van der Waals surface area (Å²) in [5.41, 5.74) is 1.04. The van der Waals surface area contributed by atoms with E-state index in [2.05, 4.69) is 0 Å². The maximum absolute atomic E-state index is 12.8. The van der Waals surface area contributed by atoms with E-state index in [9.17, 15) is 22.8 Å². The Kier molecular flexibility index (Phi) is 5.68. The largest absolute Gasteiger partial charge is 0.335 e. The summed E-state index contributed by atoms with van der Waals surface area (Å²) in [4.78, 5) is 42.3. The van der Waals surface area contributed by atoms with Gasteiger partial charge in [0.25, 0.3) is 5.91 Å². The lowest BCUT2D eigenvalue weighted by atomic mass is 10.1. The summed E-state index contributed by atoms with van der Waals surface area (Å²) < 4.78 is 25.5. The minimum atomic E-state index is -3.25. The van der Waals surface area contributed by atoms with Crippen molar-refractivity contribution in [2.45, 2.75) is 19.3 Å². The second kappa shape index (κ2) is 8.25. The molecule has 0 aromatic heterocycles. The molecule has 0 saturated carbocycles. The summed E-state index contributed by atoms with van der Waals surface area (Å²) in [6, 6.07) is 6.59. The topological polar surface area (TPSA) is 98.3 Å². The zero-order valence-corrected chi connectivity index (χ0v) is 17.6. The number of amides is 3. The zero-order chi connectivity index (χ0) is 21.3. The molecule has 3 aliphatic heterocycles. The van der Waals surface area contributed by atoms with E-state index >= 15 is 0 Å². The van der Waals surface area contributed by atoms with Gasteiger partial charge in [0.05, 0.1) is 11.4 Å². The van der Waals surface area contributed by atoms with Crippen molar-refractivity contribution in [1.29, 1.82) is 0 Å². The van der Waals surface area contributed by atoms with Crippen LogP contribution < -0.4 is 4.31 Å². The maximum Gasteiger partial charge on any atom is 0.312 e. The van der Waals surface area contributed by atoms with Gasteiger partial charge in [0.1, 0.15) is 0 Å². The number of hydrogen-bond acceptors (Lipinski definition) is 5. The molecule has 0 N–H and O–H groups in total. The average molecular weight is 435 g/mol. The molecule has 3 saturated heterocycles. The van der Waals surface area contributed by atoms with Gasteiger partial charge in [0, 0.05) is 51.4 Å². The molecule has 0 aliphatic carbocycles. The van der Waals surface area contributed by atoms with Gasteiger partial charge in [0.15, 0.2) is 0 Å². The summed E-state index contributed by atoms with van der Waals surface area (Å²) in [6.07, 6.45) is 2.47. The van der Waals surface area contributed by atoms with E-state index in [1.165, 1.54) is 9.21 Å². The van der Waals surface area contributed by atoms with Crippen LogP contribution in [0.3, 0.4) is 0 Å². The molecular formula is C20H26N4O5S. The minimum Gasteiger partial charge on any atom is -0.335 e. The van der Waals surface area contributed by atoms with E-state index in [4.69, 9.17) is 0 Å². The first-order chi connectivity index (χ1) is 14.4. The van der Waals surface area contributed by atoms with E-state index in [0.29, 0.717) is 63.5 Å². The number of anilines is 1. The van der Waals surface area contributed by atoms with Crippen LogP contribution in [0.5, 0.6) is 0 Å². The van der Waals surface area contributed by atoms with Crippen LogP contribution in [0.4, 0.5) is 5.69 Å². The normalized spacial score (nSPS) is 21.2. The Morgan fingerprint density at radius 1 is 0.667 bits per heavy atom. The lowest BCUT2D eigenvalue weighted by Crippen LogP contribution is -2.54. The summed E-state index contributed by atoms with van der Waals surface area (Å²) in [6.45, 7) is 3.11. The number of piperazine rings is 1. The van der Waals surface area contributed by atoms with Gasteiger partial charge >= 0.3 is 11.8 Å². The van der Waals surface area contributed by atoms with Gasteiger partial charge in [-0.2, -0.15) is 0 Å². The molecule has 0 bridgehead atoms. The highest BCUT2D eigenvalue weighted by Crippen LogP contribution is 2.24. The molecule has 0 unspecified atom stereocenters. The van der Waals surface area contributed by atoms with Crippen LogP contribution >= 0.6 is 0 Å². The number of benzene rings is 1. The Morgan fingerprint density at radius 3 is 1.73 bits per heavy atom. The van der Waals surface area contributed by atoms with Crippen molar-refractivity contribution in [3.8, 4) is 0 Å². The van der Waals surface area contributed by atoms with Crippen molar-refractivity contribution in [1.82, 2.24) is 14.7 Å². The van der Waals surface area contributed by atoms with Crippen molar-refractivity contribution in [2.75, 3.05) is 55.9 Å². The van der Waals surface area contributed by atoms with E-state index in [-0.39, 0.29) is 11.7 Å². The number of likely N-dealkylation sites (tertiary alicyclic amines) is 1. The molecule has 0 atom stereocenters. The predicted molar refractivity (Wildman–Crippen MR) is 110 cm³/mol. The summed E-state index contributed by atoms with van der Waals surface area (Å²) >= 11 is 0. The second-order valence-corrected chi connectivity index (χ2v) is 9.89. The summed E-state index contributed by atoms with van der Waals surface area (Å²) in [7, 11) is -3.25. The maximum atomic E-state index is 12.8. The molecule has 3 heterocycles. The van der Waals surface area contributed by atoms with Gasteiger partial charge in [0.2, 0.25) is 10.0 Å². The van der Waals surface area contributed by atoms with Crippen molar-refractivity contribution >= 4 is 33.4 Å². The first-order valence-corrected chi connectivity index (χ1v) is 12.0. The van der Waals surface area contributed by atoms with E-state index in [1.54, 1.807) is 34.1 Å². The summed E-state index contributed by atoms with van der Waals surface area (Å²) in [5.74, 6) is -0.944. The number of carbonyl (C=O) groups excluding carboxylic acids is 3. The predicted octanol–water partition coefficient (Wildman–Crippen LogP) is 0.133. The molecule has 3 fully saturated rings. The Bertz CT molecular complexity index is 932. The van der Waals surface area contributed by atoms with Gasteiger partial charge in [-0.3, -0.25) is 18.7 Å². The van der Waals surface area contributed by atoms with Crippen LogP contribution in [-0.2, 0) is 19.6 Å². The van der Waals surface area contributed by atoms with Crippen molar-refractivity contribution in [3.63, 3.8) is 0 Å². The van der Waals surface area contributed by atoms with E-state index in [0.717, 1.165) is 12.8 Å². The SMILES string of the molecule is O=C(C(=O)N1CCN(C(=O)c2ccc(N3CCCS3(=O)=O)cc2)CC1)N1CCCC1. The van der Waals surface area contributed by atoms with E-state index in [1.807, 2.05) is 0 Å². The molecule has 0 radical (unpaired) electrons. The van der Waals surface area contributed by atoms with E-state index < -0.39 is 21.8 Å². The third kappa shape index (κ3) is 4.00. The van der Waals surface area contributed by atoms with Gasteiger partial charge in [-0.15, -0.1) is 0 Å². The Balaban J connectivity index is 1.34. The minimum absolute atomic E-state index is 0.150. The van der Waals surface area contributed by atoms with Crippen LogP contribution in [0.2, 0.25) is 0 Å². The molecular weight excluding hydrogens is 408 g/mol. The van der Waals surface area contributed by atoms with Gasteiger partial charge in [-0.25, -0.2) is 8.42 Å². The monoisotopic (exact) mass is 434 g/mol. The number of rotatable bonds is 2. The highest BCUT2D eigenvalue weighted by molar-refractivity contribution is 7.93. The van der Waals surface area contributed by atoms with Gasteiger partial charge in [-0.05, 0) is 43.5 Å². The number of nitrogens with zero attached hydrogens (tertiary/aromatic N) is 4. The summed E-state index contributed by atoms with van der Waals surface area (Å²) in [5, 5.41) is 0. The lowest BCUT2D eigenvalue weighted by Gasteiger charge is -2.35. The van der Waals surface area contributed by atoms with Crippen molar-refractivity contribution < 1.29 is 22.8 Å². The second-order valence-electron chi connectivity index (χ2n) is 7.87. The van der Waals surface area contributed by atoms with Crippen LogP contribution in [0, 0.1) is 0 Å². The fourth-order valence-corrected chi connectivity index (χ4v) is 5.75. The third-order valence-corrected chi connectivity index (χ3v) is 7.80. The molecule has 4 rings (SSSR count). The van der Waals surface area contributed by atoms with Crippen LogP contribution in [0.25, 0.3) is 0 Å². The fraction of sp³-hybridized carbons (Fsp3) is 0.550. The molecule has 30 heavy (non-hydrogen) atoms. The zero-order valence-electron chi connectivity index (χ0n) is 16.8. The van der Waals surface area contributed by atoms with Crippen LogP contribution in [-0.4, -0.2) is 92.4 Å². The molecule has 3 aliphatic rings. The number of hydrogen-bond donors (Lipinski definition) is 0. The molecule has 0 spiro atoms. The first kappa shape index (κ1) is 20.6. The Labute approximate surface area is 176 Å². The Morgan fingerprint density at radius 2 is 1.20 bits per heavy atom. The van der Waals surface area contributed by atoms with Gasteiger partial charge < -0.3 is 14.7 Å². The molecule has 9 nitrogen and oxygen atoms in total. The molecule has 1 aromatic carbocycles. The average Bonchev–Trinajstić information content (AvgIpc) is 3.42. The molecule has 3 amide bonds. The molecule has 1 aromatic rings. The van der Waals surface area contributed by atoms with Crippen molar-refractivity contribution in [3.05, 3.63) is 29.8 Å². The number of sulfonamides is 1. The van der Waals surface area contributed by atoms with Crippen molar-refractivity contribution in [2.24, 2.45) is 0 Å². The van der Waals surface area contributed by atoms with Crippen LogP contribution in [0.1, 0.15) is 29.6 Å². The van der Waals surface area contributed by atoms with Crippen LogP contribution in [0.15, 0.2) is 24.3 Å². The number of carbonyl (C=O) groups is 3. The Hall–Kier alpha value is -2.62. The quantitative estimate of drug-likeness (QED) is 0.617. The standard InChI is InChI=1S/C20H26N4O5S/c25-18(16-4-6-17(7-5-16)24-10-3-15-30(24,28)29)22-11-13-23(14-12-22)20(27)19(26)21-8-1-2-9-21/h4-7H,1-3,8-15H2.